The van der Waals surface area contributed by atoms with Crippen LogP contribution in [0.2, 0.25) is 5.02 Å². The van der Waals surface area contributed by atoms with Gasteiger partial charge in [-0.3, -0.25) is 4.79 Å². The zero-order valence-corrected chi connectivity index (χ0v) is 8.21. The lowest BCUT2D eigenvalue weighted by Gasteiger charge is -2.10. The van der Waals surface area contributed by atoms with E-state index in [4.69, 9.17) is 11.6 Å². The van der Waals surface area contributed by atoms with Crippen LogP contribution in [0.5, 0.6) is 0 Å². The molecule has 0 amide bonds. The first-order valence-electron chi connectivity index (χ1n) is 3.80. The summed E-state index contributed by atoms with van der Waals surface area (Å²) in [5.41, 5.74) is -1.70. The fourth-order valence-corrected chi connectivity index (χ4v) is 1.21. The summed E-state index contributed by atoms with van der Waals surface area (Å²) in [6.07, 6.45) is -4.77. The van der Waals surface area contributed by atoms with E-state index in [1.807, 2.05) is 0 Å². The first-order chi connectivity index (χ1) is 6.73. The molecule has 0 saturated carbocycles. The summed E-state index contributed by atoms with van der Waals surface area (Å²) in [5, 5.41) is -1.02. The Morgan fingerprint density at radius 1 is 1.33 bits per heavy atom. The standard InChI is InChI=1S/C9H5ClF4O/c1-4(15)5-2-6(9(12,13)14)8(10)7(11)3-5/h2-3H,1H3. The Balaban J connectivity index is 3.45. The quantitative estimate of drug-likeness (QED) is 0.540. The molecule has 6 heteroatoms. The summed E-state index contributed by atoms with van der Waals surface area (Å²) >= 11 is 5.15. The van der Waals surface area contributed by atoms with E-state index in [1.165, 1.54) is 0 Å². The number of ketones is 1. The van der Waals surface area contributed by atoms with Crippen molar-refractivity contribution in [1.82, 2.24) is 0 Å². The molecular formula is C9H5ClF4O. The third kappa shape index (κ3) is 2.47. The van der Waals surface area contributed by atoms with Crippen LogP contribution in [0.25, 0.3) is 0 Å². The molecule has 1 aromatic rings. The van der Waals surface area contributed by atoms with Gasteiger partial charge in [-0.25, -0.2) is 4.39 Å². The summed E-state index contributed by atoms with van der Waals surface area (Å²) in [6, 6.07) is 1.22. The maximum Gasteiger partial charge on any atom is 0.417 e. The van der Waals surface area contributed by atoms with Gasteiger partial charge in [0.2, 0.25) is 0 Å². The Morgan fingerprint density at radius 2 is 1.87 bits per heavy atom. The molecule has 1 aromatic carbocycles. The van der Waals surface area contributed by atoms with E-state index < -0.39 is 28.4 Å². The van der Waals surface area contributed by atoms with Gasteiger partial charge >= 0.3 is 6.18 Å². The number of carbonyl (C=O) groups is 1. The molecule has 0 aliphatic carbocycles. The van der Waals surface area contributed by atoms with Crippen molar-refractivity contribution >= 4 is 17.4 Å². The number of benzene rings is 1. The molecule has 0 saturated heterocycles. The first-order valence-corrected chi connectivity index (χ1v) is 4.18. The molecule has 15 heavy (non-hydrogen) atoms. The number of hydrogen-bond donors (Lipinski definition) is 0. The van der Waals surface area contributed by atoms with Crippen molar-refractivity contribution in [2.24, 2.45) is 0 Å². The van der Waals surface area contributed by atoms with Gasteiger partial charge in [0.05, 0.1) is 10.6 Å². The Kier molecular flexibility index (Phi) is 3.04. The Labute approximate surface area is 87.7 Å². The topological polar surface area (TPSA) is 17.1 Å². The summed E-state index contributed by atoms with van der Waals surface area (Å²) in [7, 11) is 0. The highest BCUT2D eigenvalue weighted by molar-refractivity contribution is 6.31. The van der Waals surface area contributed by atoms with Crippen LogP contribution in [0, 0.1) is 5.82 Å². The minimum Gasteiger partial charge on any atom is -0.295 e. The molecule has 0 heterocycles. The molecule has 0 aliphatic heterocycles. The van der Waals surface area contributed by atoms with Crippen LogP contribution in [0.4, 0.5) is 17.6 Å². The lowest BCUT2D eigenvalue weighted by Crippen LogP contribution is -2.09. The minimum absolute atomic E-state index is 0.357. The lowest BCUT2D eigenvalue weighted by molar-refractivity contribution is -0.137. The molecule has 1 nitrogen and oxygen atoms in total. The normalized spacial score (nSPS) is 11.6. The lowest BCUT2D eigenvalue weighted by atomic mass is 10.1. The van der Waals surface area contributed by atoms with E-state index in [-0.39, 0.29) is 5.56 Å². The number of alkyl halides is 3. The molecule has 0 aliphatic rings. The van der Waals surface area contributed by atoms with E-state index in [2.05, 4.69) is 0 Å². The van der Waals surface area contributed by atoms with Crippen molar-refractivity contribution in [3.05, 3.63) is 34.1 Å². The molecule has 0 radical (unpaired) electrons. The van der Waals surface area contributed by atoms with Crippen LogP contribution < -0.4 is 0 Å². The highest BCUT2D eigenvalue weighted by atomic mass is 35.5. The van der Waals surface area contributed by atoms with E-state index in [0.717, 1.165) is 6.92 Å². The fraction of sp³-hybridized carbons (Fsp3) is 0.222. The van der Waals surface area contributed by atoms with E-state index in [0.29, 0.717) is 12.1 Å². The van der Waals surface area contributed by atoms with Crippen LogP contribution in [-0.4, -0.2) is 5.78 Å². The summed E-state index contributed by atoms with van der Waals surface area (Å²) < 4.78 is 49.9. The van der Waals surface area contributed by atoms with Gasteiger partial charge in [-0.1, -0.05) is 11.6 Å². The van der Waals surface area contributed by atoms with Crippen LogP contribution in [0.3, 0.4) is 0 Å². The zero-order chi connectivity index (χ0) is 11.8. The largest absolute Gasteiger partial charge is 0.417 e. The molecule has 1 rings (SSSR count). The van der Waals surface area contributed by atoms with Crippen molar-refractivity contribution in [3.8, 4) is 0 Å². The van der Waals surface area contributed by atoms with Crippen LogP contribution in [0.1, 0.15) is 22.8 Å². The highest BCUT2D eigenvalue weighted by Gasteiger charge is 2.35. The SMILES string of the molecule is CC(=O)c1cc(F)c(Cl)c(C(F)(F)F)c1. The average Bonchev–Trinajstić information content (AvgIpc) is 2.06. The van der Waals surface area contributed by atoms with E-state index >= 15 is 0 Å². The molecule has 0 spiro atoms. The third-order valence-corrected chi connectivity index (χ3v) is 2.12. The van der Waals surface area contributed by atoms with Gasteiger partial charge in [-0.05, 0) is 19.1 Å². The second-order valence-corrected chi connectivity index (χ2v) is 3.25. The van der Waals surface area contributed by atoms with Crippen LogP contribution in [-0.2, 0) is 6.18 Å². The summed E-state index contributed by atoms with van der Waals surface area (Å²) in [6.45, 7) is 1.04. The Morgan fingerprint density at radius 3 is 2.27 bits per heavy atom. The number of rotatable bonds is 1. The third-order valence-electron chi connectivity index (χ3n) is 1.74. The minimum atomic E-state index is -4.77. The second kappa shape index (κ2) is 3.81. The number of hydrogen-bond acceptors (Lipinski definition) is 1. The maximum absolute atomic E-state index is 12.9. The first kappa shape index (κ1) is 12.0. The predicted octanol–water partition coefficient (Wildman–Crippen LogP) is 3.70. The smallest absolute Gasteiger partial charge is 0.295 e. The van der Waals surface area contributed by atoms with Gasteiger partial charge in [-0.15, -0.1) is 0 Å². The van der Waals surface area contributed by atoms with Crippen molar-refractivity contribution in [1.29, 1.82) is 0 Å². The molecule has 0 atom stereocenters. The molecule has 0 bridgehead atoms. The van der Waals surface area contributed by atoms with Gasteiger partial charge in [0.25, 0.3) is 0 Å². The predicted molar refractivity (Wildman–Crippen MR) is 46.4 cm³/mol. The molecule has 0 N–H and O–H groups in total. The summed E-state index contributed by atoms with van der Waals surface area (Å²) in [4.78, 5) is 10.8. The van der Waals surface area contributed by atoms with Gasteiger partial charge in [0.15, 0.2) is 5.78 Å². The van der Waals surface area contributed by atoms with Crippen LogP contribution >= 0.6 is 11.6 Å². The van der Waals surface area contributed by atoms with E-state index in [9.17, 15) is 22.4 Å². The number of carbonyl (C=O) groups excluding carboxylic acids is 1. The molecule has 82 valence electrons. The molecular weight excluding hydrogens is 236 g/mol. The van der Waals surface area contributed by atoms with E-state index in [1.54, 1.807) is 0 Å². The highest BCUT2D eigenvalue weighted by Crippen LogP contribution is 2.36. The molecule has 0 aromatic heterocycles. The average molecular weight is 241 g/mol. The maximum atomic E-state index is 12.9. The number of halogens is 5. The molecule has 0 unspecified atom stereocenters. The molecule has 0 fully saturated rings. The van der Waals surface area contributed by atoms with Gasteiger partial charge < -0.3 is 0 Å². The Bertz CT molecular complexity index is 411. The fourth-order valence-electron chi connectivity index (χ4n) is 0.999. The van der Waals surface area contributed by atoms with Crippen molar-refractivity contribution in [2.75, 3.05) is 0 Å². The van der Waals surface area contributed by atoms with Crippen LogP contribution in [0.15, 0.2) is 12.1 Å². The number of Topliss-reactive ketones (excluding diaryl/α,β-unsaturated/α-hetero) is 1. The Hall–Kier alpha value is -1.10. The zero-order valence-electron chi connectivity index (χ0n) is 7.45. The van der Waals surface area contributed by atoms with Crippen molar-refractivity contribution < 1.29 is 22.4 Å². The van der Waals surface area contributed by atoms with Gasteiger partial charge in [0, 0.05) is 5.56 Å². The van der Waals surface area contributed by atoms with Gasteiger partial charge in [0.1, 0.15) is 5.82 Å². The van der Waals surface area contributed by atoms with Gasteiger partial charge in [-0.2, -0.15) is 13.2 Å². The van der Waals surface area contributed by atoms with Crippen molar-refractivity contribution in [3.63, 3.8) is 0 Å². The monoisotopic (exact) mass is 240 g/mol. The second-order valence-electron chi connectivity index (χ2n) is 2.87. The van der Waals surface area contributed by atoms with Crippen molar-refractivity contribution in [2.45, 2.75) is 13.1 Å². The summed E-state index contributed by atoms with van der Waals surface area (Å²) in [5.74, 6) is -1.91.